The number of carbonyl (C=O) groups is 1. The first-order valence-corrected chi connectivity index (χ1v) is 20.0. The molecule has 12 heteroatoms. The van der Waals surface area contributed by atoms with Gasteiger partial charge in [-0.15, -0.1) is 0 Å². The Bertz CT molecular complexity index is 1410. The van der Waals surface area contributed by atoms with Crippen LogP contribution in [0.3, 0.4) is 0 Å². The second kappa shape index (κ2) is 15.1. The predicted octanol–water partition coefficient (Wildman–Crippen LogP) is 3.83. The maximum absolute atomic E-state index is 13.7. The summed E-state index contributed by atoms with van der Waals surface area (Å²) in [4.78, 5) is 13.7. The molecule has 0 aromatic rings. The van der Waals surface area contributed by atoms with Crippen LogP contribution in [0.5, 0.6) is 0 Å². The Morgan fingerprint density at radius 2 is 1.60 bits per heavy atom. The van der Waals surface area contributed by atoms with E-state index < -0.39 is 78.7 Å². The molecular weight excluding hydrogens is 684 g/mol. The lowest BCUT2D eigenvalue weighted by molar-refractivity contribution is -0.365. The Morgan fingerprint density at radius 1 is 0.887 bits per heavy atom. The zero-order chi connectivity index (χ0) is 38.8. The summed E-state index contributed by atoms with van der Waals surface area (Å²) in [7, 11) is 0. The molecule has 0 radical (unpaired) electrons. The molecule has 2 heterocycles. The Morgan fingerprint density at radius 3 is 2.26 bits per heavy atom. The maximum Gasteiger partial charge on any atom is 0.314 e. The number of carboxylic acid groups (broad SMARTS) is 1. The van der Waals surface area contributed by atoms with Crippen molar-refractivity contribution in [2.75, 3.05) is 13.2 Å². The predicted molar refractivity (Wildman–Crippen MR) is 194 cm³/mol. The van der Waals surface area contributed by atoms with Gasteiger partial charge in [0.15, 0.2) is 12.6 Å². The lowest BCUT2D eigenvalue weighted by atomic mass is 9.43. The fourth-order valence-electron chi connectivity index (χ4n) is 12.3. The van der Waals surface area contributed by atoms with Gasteiger partial charge in [-0.2, -0.15) is 0 Å². The van der Waals surface area contributed by atoms with E-state index in [9.17, 15) is 40.5 Å². The Balaban J connectivity index is 1.23. The lowest BCUT2D eigenvalue weighted by Gasteiger charge is -2.62. The Labute approximate surface area is 314 Å². The third kappa shape index (κ3) is 6.68. The fourth-order valence-corrected chi connectivity index (χ4v) is 12.3. The molecule has 0 amide bonds. The van der Waals surface area contributed by atoms with Gasteiger partial charge in [0.05, 0.1) is 24.7 Å². The largest absolute Gasteiger partial charge is 0.481 e. The first-order chi connectivity index (χ1) is 24.8. The second-order valence-electron chi connectivity index (χ2n) is 18.6. The van der Waals surface area contributed by atoms with Crippen LogP contribution >= 0.6 is 0 Å². The summed E-state index contributed by atoms with van der Waals surface area (Å²) in [5, 5.41) is 73.7. The van der Waals surface area contributed by atoms with E-state index >= 15 is 0 Å². The maximum atomic E-state index is 13.7. The van der Waals surface area contributed by atoms with Crippen LogP contribution in [0.25, 0.3) is 0 Å². The zero-order valence-corrected chi connectivity index (χ0v) is 32.7. The molecule has 0 bridgehead atoms. The molecule has 4 aliphatic carbocycles. The van der Waals surface area contributed by atoms with Crippen molar-refractivity contribution < 1.29 is 59.5 Å². The molecule has 7 N–H and O–H groups in total. The van der Waals surface area contributed by atoms with Gasteiger partial charge in [-0.05, 0) is 112 Å². The van der Waals surface area contributed by atoms with Crippen LogP contribution in [0.4, 0.5) is 0 Å². The van der Waals surface area contributed by atoms with Crippen molar-refractivity contribution in [2.45, 2.75) is 174 Å². The van der Waals surface area contributed by atoms with Crippen molar-refractivity contribution in [3.63, 3.8) is 0 Å². The minimum Gasteiger partial charge on any atom is -0.481 e. The minimum absolute atomic E-state index is 0.173. The van der Waals surface area contributed by atoms with Gasteiger partial charge in [-0.3, -0.25) is 4.79 Å². The van der Waals surface area contributed by atoms with Crippen LogP contribution in [-0.2, 0) is 23.7 Å². The topological polar surface area (TPSA) is 196 Å². The van der Waals surface area contributed by atoms with Crippen LogP contribution in [0, 0.1) is 39.4 Å². The smallest absolute Gasteiger partial charge is 0.314 e. The number of aliphatic carboxylic acids is 1. The third-order valence-electron chi connectivity index (χ3n) is 15.3. The van der Waals surface area contributed by atoms with Crippen molar-refractivity contribution in [3.8, 4) is 0 Å². The highest BCUT2D eigenvalue weighted by Crippen LogP contribution is 2.73. The van der Waals surface area contributed by atoms with E-state index in [1.165, 1.54) is 16.7 Å². The summed E-state index contributed by atoms with van der Waals surface area (Å²) >= 11 is 0. The Hall–Kier alpha value is -1.45. The number of hydrogen-bond donors (Lipinski definition) is 7. The SMILES string of the molecule is CC(C)=CCC[C@@H](C)[C@H]1CC[C@@]2(C(=O)O)C3=C(CC[C@]12C)[C@@]1(C)CC[C@H](O[C@@H]2OC[C@H](O)[C@H](O)[C@H]2O[C@@H]2O[C@H](CO)[C@H](O)[C@H](O)[C@H]2O)C(C)(C)[C@@H]1CC3. The fraction of sp³-hybridized carbons (Fsp3) is 0.878. The van der Waals surface area contributed by atoms with Gasteiger partial charge in [0, 0.05) is 0 Å². The van der Waals surface area contributed by atoms with E-state index in [2.05, 4.69) is 54.5 Å². The van der Waals surface area contributed by atoms with Crippen LogP contribution in [0.1, 0.15) is 113 Å². The van der Waals surface area contributed by atoms with Crippen LogP contribution < -0.4 is 0 Å². The minimum atomic E-state index is -1.71. The monoisotopic (exact) mass is 750 g/mol. The molecular formula is C41H66O12. The first kappa shape index (κ1) is 41.2. The molecule has 16 atom stereocenters. The molecule has 302 valence electrons. The van der Waals surface area contributed by atoms with Gasteiger partial charge >= 0.3 is 5.97 Å². The number of rotatable bonds is 10. The van der Waals surface area contributed by atoms with E-state index in [-0.39, 0.29) is 29.5 Å². The van der Waals surface area contributed by atoms with Gasteiger partial charge in [0.2, 0.25) is 0 Å². The van der Waals surface area contributed by atoms with Crippen LogP contribution in [-0.4, -0.2) is 116 Å². The lowest BCUT2D eigenvalue weighted by Crippen LogP contribution is -2.64. The van der Waals surface area contributed by atoms with Crippen molar-refractivity contribution in [1.82, 2.24) is 0 Å². The quantitative estimate of drug-likeness (QED) is 0.160. The number of allylic oxidation sites excluding steroid dienone is 3. The van der Waals surface area contributed by atoms with Gasteiger partial charge in [-0.25, -0.2) is 0 Å². The average molecular weight is 751 g/mol. The van der Waals surface area contributed by atoms with E-state index in [0.29, 0.717) is 24.7 Å². The summed E-state index contributed by atoms with van der Waals surface area (Å²) in [5.41, 5.74) is 2.06. The van der Waals surface area contributed by atoms with Gasteiger partial charge in [0.1, 0.15) is 42.7 Å². The first-order valence-electron chi connectivity index (χ1n) is 20.0. The molecule has 0 aromatic carbocycles. The van der Waals surface area contributed by atoms with Crippen LogP contribution in [0.15, 0.2) is 22.8 Å². The summed E-state index contributed by atoms with van der Waals surface area (Å²) in [6.45, 7) is 14.7. The van der Waals surface area contributed by atoms with E-state index in [1.54, 1.807) is 0 Å². The third-order valence-corrected chi connectivity index (χ3v) is 15.3. The molecule has 0 aromatic heterocycles. The molecule has 2 saturated carbocycles. The molecule has 0 spiro atoms. The molecule has 2 aliphatic heterocycles. The van der Waals surface area contributed by atoms with Crippen molar-refractivity contribution >= 4 is 5.97 Å². The van der Waals surface area contributed by atoms with Crippen molar-refractivity contribution in [2.24, 2.45) is 39.4 Å². The normalized spacial score (nSPS) is 47.3. The van der Waals surface area contributed by atoms with E-state index in [1.807, 2.05) is 0 Å². The van der Waals surface area contributed by atoms with Crippen molar-refractivity contribution in [1.29, 1.82) is 0 Å². The Kier molecular flexibility index (Phi) is 11.8. The molecule has 4 fully saturated rings. The van der Waals surface area contributed by atoms with Crippen LogP contribution in [0.2, 0.25) is 0 Å². The number of fused-ring (bicyclic) bond motifs is 4. The summed E-state index contributed by atoms with van der Waals surface area (Å²) < 4.78 is 24.1. The van der Waals surface area contributed by atoms with E-state index in [4.69, 9.17) is 18.9 Å². The van der Waals surface area contributed by atoms with Gasteiger partial charge < -0.3 is 54.7 Å². The second-order valence-corrected chi connectivity index (χ2v) is 18.6. The highest BCUT2D eigenvalue weighted by atomic mass is 16.8. The highest BCUT2D eigenvalue weighted by molar-refractivity contribution is 5.82. The van der Waals surface area contributed by atoms with Crippen molar-refractivity contribution in [3.05, 3.63) is 22.8 Å². The molecule has 6 rings (SSSR count). The molecule has 2 saturated heterocycles. The highest BCUT2D eigenvalue weighted by Gasteiger charge is 2.68. The number of carboxylic acids is 1. The van der Waals surface area contributed by atoms with Gasteiger partial charge in [-0.1, -0.05) is 57.4 Å². The number of ether oxygens (including phenoxy) is 4. The van der Waals surface area contributed by atoms with Gasteiger partial charge in [0.25, 0.3) is 0 Å². The number of aliphatic hydroxyl groups is 6. The average Bonchev–Trinajstić information content (AvgIpc) is 3.43. The molecule has 53 heavy (non-hydrogen) atoms. The summed E-state index contributed by atoms with van der Waals surface area (Å²) in [6.07, 6.45) is -2.59. The molecule has 12 nitrogen and oxygen atoms in total. The number of aliphatic hydroxyl groups excluding tert-OH is 6. The summed E-state index contributed by atoms with van der Waals surface area (Å²) in [5.74, 6) is 0.302. The molecule has 0 unspecified atom stereocenters. The van der Waals surface area contributed by atoms with E-state index in [0.717, 1.165) is 51.4 Å². The standard InChI is InChI=1S/C41H66O12/c1-21(2)9-8-10-22(3)23-14-18-41(37(48)49)25-11-12-28-38(4,5)29(15-16-39(28,6)24(25)13-17-40(23,41)7)52-36-34(30(44)26(43)20-50-36)53-35-33(47)32(46)31(45)27(19-42)51-35/h9,22-23,26-36,42-47H,8,10-20H2,1-7H3,(H,48,49)/t22-,23-,26+,27-,28+,29+,30+,31+,32+,33-,34-,35+,36+,39-,40-,41+/m1/s1. The number of hydrogen-bond acceptors (Lipinski definition) is 11. The summed E-state index contributed by atoms with van der Waals surface area (Å²) in [6, 6.07) is 0. The molecule has 6 aliphatic rings. The zero-order valence-electron chi connectivity index (χ0n) is 32.7.